The van der Waals surface area contributed by atoms with Crippen molar-refractivity contribution in [3.8, 4) is 0 Å². The molecule has 1 heterocycles. The highest BCUT2D eigenvalue weighted by Gasteiger charge is 2.44. The van der Waals surface area contributed by atoms with Gasteiger partial charge < -0.3 is 39.4 Å². The molecule has 0 aromatic carbocycles. The van der Waals surface area contributed by atoms with Crippen LogP contribution in [0.4, 0.5) is 0 Å². The minimum Gasteiger partial charge on any atom is -0.457 e. The first kappa shape index (κ1) is 68.9. The number of ether oxygens (including phenoxy) is 4. The second-order valence-electron chi connectivity index (χ2n) is 22.2. The van der Waals surface area contributed by atoms with Gasteiger partial charge in [-0.05, 0) is 38.5 Å². The fraction of sp³-hybridized carbons (Fsp3) is 0.952. The molecule has 6 unspecified atom stereocenters. The third-order valence-corrected chi connectivity index (χ3v) is 15.2. The van der Waals surface area contributed by atoms with E-state index in [2.05, 4.69) is 26.0 Å². The van der Waals surface area contributed by atoms with E-state index in [0.29, 0.717) is 13.0 Å². The number of aliphatic hydroxyl groups is 4. The summed E-state index contributed by atoms with van der Waals surface area (Å²) in [6.07, 6.45) is 59.9. The molecule has 72 heavy (non-hydrogen) atoms. The van der Waals surface area contributed by atoms with E-state index in [9.17, 15) is 25.2 Å². The third-order valence-electron chi connectivity index (χ3n) is 15.2. The zero-order valence-corrected chi connectivity index (χ0v) is 47.7. The Bertz CT molecular complexity index is 1120. The first-order valence-corrected chi connectivity index (χ1v) is 31.8. The van der Waals surface area contributed by atoms with Crippen LogP contribution in [0.5, 0.6) is 0 Å². The Balaban J connectivity index is 2.09. The number of carbonyl (C=O) groups is 1. The lowest BCUT2D eigenvalue weighted by molar-refractivity contribution is -0.305. The lowest BCUT2D eigenvalue weighted by atomic mass is 9.99. The lowest BCUT2D eigenvalue weighted by Gasteiger charge is -2.39. The molecule has 0 bridgehead atoms. The summed E-state index contributed by atoms with van der Waals surface area (Å²) >= 11 is 0. The van der Waals surface area contributed by atoms with Gasteiger partial charge in [0, 0.05) is 13.0 Å². The minimum atomic E-state index is -1.53. The quantitative estimate of drug-likeness (QED) is 0.0267. The molecule has 0 spiro atoms. The number of esters is 1. The van der Waals surface area contributed by atoms with E-state index in [-0.39, 0.29) is 19.2 Å². The number of carbonyl (C=O) groups excluding carboxylic acids is 1. The Labute approximate surface area is 445 Å². The number of allylic oxidation sites excluding steroid dienone is 2. The van der Waals surface area contributed by atoms with Crippen molar-refractivity contribution in [1.82, 2.24) is 0 Å². The monoisotopic (exact) mass is 1020 g/mol. The summed E-state index contributed by atoms with van der Waals surface area (Å²) < 4.78 is 23.0. The number of unbranched alkanes of at least 4 members (excludes halogenated alkanes) is 44. The predicted molar refractivity (Wildman–Crippen MR) is 303 cm³/mol. The van der Waals surface area contributed by atoms with Gasteiger partial charge >= 0.3 is 5.97 Å². The smallest absolute Gasteiger partial charge is 0.306 e. The van der Waals surface area contributed by atoms with Crippen LogP contribution in [-0.2, 0) is 23.7 Å². The molecule has 428 valence electrons. The molecule has 6 atom stereocenters. The molecular formula is C63H122O9. The summed E-state index contributed by atoms with van der Waals surface area (Å²) in [6.45, 7) is 4.64. The lowest BCUT2D eigenvalue weighted by Crippen LogP contribution is -2.59. The maximum absolute atomic E-state index is 12.9. The molecule has 1 rings (SSSR count). The topological polar surface area (TPSA) is 135 Å². The normalized spacial score (nSPS) is 18.7. The predicted octanol–water partition coefficient (Wildman–Crippen LogP) is 17.1. The molecule has 9 heteroatoms. The number of hydrogen-bond donors (Lipinski definition) is 4. The molecule has 0 saturated carbocycles. The summed E-state index contributed by atoms with van der Waals surface area (Å²) in [5.74, 6) is -0.303. The van der Waals surface area contributed by atoms with Crippen LogP contribution in [0.1, 0.15) is 322 Å². The van der Waals surface area contributed by atoms with Gasteiger partial charge in [0.15, 0.2) is 6.29 Å². The first-order valence-electron chi connectivity index (χ1n) is 31.8. The van der Waals surface area contributed by atoms with Gasteiger partial charge in [-0.25, -0.2) is 0 Å². The Kier molecular flexibility index (Phi) is 52.4. The van der Waals surface area contributed by atoms with Crippen LogP contribution in [0.3, 0.4) is 0 Å². The Morgan fingerprint density at radius 1 is 0.431 bits per heavy atom. The van der Waals surface area contributed by atoms with Gasteiger partial charge in [-0.2, -0.15) is 0 Å². The van der Waals surface area contributed by atoms with Crippen LogP contribution in [0.2, 0.25) is 0 Å². The van der Waals surface area contributed by atoms with Crippen molar-refractivity contribution in [1.29, 1.82) is 0 Å². The van der Waals surface area contributed by atoms with Crippen molar-refractivity contribution in [3.05, 3.63) is 12.2 Å². The summed E-state index contributed by atoms with van der Waals surface area (Å²) in [5, 5.41) is 40.4. The van der Waals surface area contributed by atoms with Gasteiger partial charge in [0.2, 0.25) is 0 Å². The molecule has 1 saturated heterocycles. The van der Waals surface area contributed by atoms with E-state index in [1.54, 1.807) is 0 Å². The molecule has 4 N–H and O–H groups in total. The van der Waals surface area contributed by atoms with Gasteiger partial charge in [-0.15, -0.1) is 0 Å². The fourth-order valence-electron chi connectivity index (χ4n) is 10.3. The van der Waals surface area contributed by atoms with Crippen LogP contribution in [0.25, 0.3) is 0 Å². The molecular weight excluding hydrogens is 901 g/mol. The number of hydrogen-bond acceptors (Lipinski definition) is 9. The molecule has 0 radical (unpaired) electrons. The highest BCUT2D eigenvalue weighted by Crippen LogP contribution is 2.23. The molecule has 0 aromatic heterocycles. The van der Waals surface area contributed by atoms with Gasteiger partial charge in [0.05, 0.1) is 19.8 Å². The van der Waals surface area contributed by atoms with E-state index >= 15 is 0 Å². The largest absolute Gasteiger partial charge is 0.457 e. The van der Waals surface area contributed by atoms with Crippen molar-refractivity contribution in [3.63, 3.8) is 0 Å². The maximum atomic E-state index is 12.9. The second-order valence-corrected chi connectivity index (χ2v) is 22.2. The van der Waals surface area contributed by atoms with Crippen LogP contribution in [0, 0.1) is 0 Å². The SMILES string of the molecule is CCCCCCCCCC/C=C\CCCCCCCCCCCCCCCCOCC(COC1OC(CO)C(O)C(O)C1O)OC(=O)CCCCCCCCCCCCCCCCCCCCCCCCC. The molecule has 0 aliphatic carbocycles. The highest BCUT2D eigenvalue weighted by atomic mass is 16.7. The summed E-state index contributed by atoms with van der Waals surface area (Å²) in [4.78, 5) is 12.9. The van der Waals surface area contributed by atoms with Crippen LogP contribution < -0.4 is 0 Å². The minimum absolute atomic E-state index is 0.106. The highest BCUT2D eigenvalue weighted by molar-refractivity contribution is 5.69. The van der Waals surface area contributed by atoms with Crippen LogP contribution >= 0.6 is 0 Å². The molecule has 1 fully saturated rings. The summed E-state index contributed by atoms with van der Waals surface area (Å²) in [5.41, 5.74) is 0. The van der Waals surface area contributed by atoms with Crippen LogP contribution in [0.15, 0.2) is 12.2 Å². The Morgan fingerprint density at radius 3 is 1.12 bits per heavy atom. The van der Waals surface area contributed by atoms with Gasteiger partial charge in [-0.1, -0.05) is 289 Å². The third kappa shape index (κ3) is 44.1. The standard InChI is InChI=1S/C63H122O9/c1-3-5-7-9-11-13-15-17-19-21-23-25-27-28-29-31-33-35-37-39-41-43-45-47-49-51-53-69-55-57(56-70-63-62(68)61(67)60(66)58(54-64)72-63)71-59(65)52-50-48-46-44-42-40-38-36-34-32-30-26-24-22-20-18-16-14-12-10-8-6-4-2/h21,23,57-58,60-64,66-68H,3-20,22,24-56H2,1-2H3/b23-21-. The zero-order valence-electron chi connectivity index (χ0n) is 47.7. The Hall–Kier alpha value is -1.07. The van der Waals surface area contributed by atoms with E-state index in [0.717, 1.165) is 32.1 Å². The molecule has 1 aliphatic heterocycles. The summed E-state index contributed by atoms with van der Waals surface area (Å²) in [7, 11) is 0. The van der Waals surface area contributed by atoms with E-state index in [1.807, 2.05) is 0 Å². The average molecular weight is 1020 g/mol. The van der Waals surface area contributed by atoms with Gasteiger partial charge in [0.1, 0.15) is 30.5 Å². The fourth-order valence-corrected chi connectivity index (χ4v) is 10.3. The number of aliphatic hydroxyl groups excluding tert-OH is 4. The van der Waals surface area contributed by atoms with Crippen molar-refractivity contribution in [2.24, 2.45) is 0 Å². The first-order chi connectivity index (χ1) is 35.4. The molecule has 1 aliphatic rings. The number of rotatable bonds is 57. The van der Waals surface area contributed by atoms with E-state index in [4.69, 9.17) is 18.9 Å². The van der Waals surface area contributed by atoms with E-state index < -0.39 is 43.4 Å². The van der Waals surface area contributed by atoms with Crippen molar-refractivity contribution >= 4 is 5.97 Å². The van der Waals surface area contributed by atoms with Crippen molar-refractivity contribution in [2.75, 3.05) is 26.4 Å². The second kappa shape index (κ2) is 54.7. The average Bonchev–Trinajstić information content (AvgIpc) is 3.38. The molecule has 9 nitrogen and oxygen atoms in total. The van der Waals surface area contributed by atoms with Crippen LogP contribution in [-0.4, -0.2) is 89.6 Å². The van der Waals surface area contributed by atoms with Gasteiger partial charge in [0.25, 0.3) is 0 Å². The maximum Gasteiger partial charge on any atom is 0.306 e. The summed E-state index contributed by atoms with van der Waals surface area (Å²) in [6, 6.07) is 0. The van der Waals surface area contributed by atoms with E-state index in [1.165, 1.54) is 270 Å². The zero-order chi connectivity index (χ0) is 52.1. The molecule has 0 amide bonds. The molecule has 0 aromatic rings. The Morgan fingerprint density at radius 2 is 0.764 bits per heavy atom. The van der Waals surface area contributed by atoms with Crippen molar-refractivity contribution in [2.45, 2.75) is 359 Å². The van der Waals surface area contributed by atoms with Crippen molar-refractivity contribution < 1.29 is 44.2 Å². The van der Waals surface area contributed by atoms with Gasteiger partial charge in [-0.3, -0.25) is 4.79 Å².